The monoisotopic (exact) mass is 291 g/mol. The van der Waals surface area contributed by atoms with Crippen molar-refractivity contribution in [3.05, 3.63) is 0 Å². The smallest absolute Gasteiger partial charge is 0.413 e. The van der Waals surface area contributed by atoms with Gasteiger partial charge in [0, 0.05) is 25.1 Å². The van der Waals surface area contributed by atoms with Crippen LogP contribution in [0.1, 0.15) is 26.7 Å². The van der Waals surface area contributed by atoms with Crippen molar-refractivity contribution in [1.29, 1.82) is 5.26 Å². The minimum atomic E-state index is -1.29. The van der Waals surface area contributed by atoms with E-state index in [1.807, 2.05) is 19.9 Å². The van der Waals surface area contributed by atoms with Gasteiger partial charge in [0.25, 0.3) is 0 Å². The molecular weight excluding hydrogens is 274 g/mol. The molecule has 0 bridgehead atoms. The molecular formula is C11H18ClN3O4. The fraction of sp³-hybridized carbons (Fsp3) is 0.636. The molecule has 0 saturated heterocycles. The maximum absolute atomic E-state index is 10.4. The van der Waals surface area contributed by atoms with Gasteiger partial charge in [0.2, 0.25) is 5.91 Å². The predicted octanol–water partition coefficient (Wildman–Crippen LogP) is 2.14. The third-order valence-corrected chi connectivity index (χ3v) is 2.29. The lowest BCUT2D eigenvalue weighted by molar-refractivity contribution is -0.125. The van der Waals surface area contributed by atoms with Gasteiger partial charge in [0.1, 0.15) is 5.88 Å². The first-order valence-corrected chi connectivity index (χ1v) is 5.86. The van der Waals surface area contributed by atoms with Crippen molar-refractivity contribution in [2.45, 2.75) is 26.7 Å². The van der Waals surface area contributed by atoms with Gasteiger partial charge in [-0.05, 0) is 6.42 Å². The molecule has 7 nitrogen and oxygen atoms in total. The van der Waals surface area contributed by atoms with E-state index in [9.17, 15) is 9.59 Å². The normalized spacial score (nSPS) is 10.3. The first-order chi connectivity index (χ1) is 8.71. The molecule has 19 heavy (non-hydrogen) atoms. The number of rotatable bonds is 4. The number of hydrogen-bond acceptors (Lipinski definition) is 5. The van der Waals surface area contributed by atoms with E-state index in [1.165, 1.54) is 6.21 Å². The lowest BCUT2D eigenvalue weighted by Crippen LogP contribution is -2.32. The van der Waals surface area contributed by atoms with Gasteiger partial charge >= 0.3 is 6.09 Å². The summed E-state index contributed by atoms with van der Waals surface area (Å²) in [5, 5.41) is 27.5. The molecule has 0 atom stereocenters. The van der Waals surface area contributed by atoms with E-state index >= 15 is 0 Å². The molecule has 0 heterocycles. The van der Waals surface area contributed by atoms with E-state index in [2.05, 4.69) is 5.16 Å². The number of halogens is 1. The van der Waals surface area contributed by atoms with Crippen molar-refractivity contribution in [2.75, 3.05) is 12.9 Å². The summed E-state index contributed by atoms with van der Waals surface area (Å²) in [5.74, 6) is -0.924. The SMILES string of the molecule is CC(C)(/C=N\O)CCC#N.CN(C(=O)O)C(=O)CCl. The van der Waals surface area contributed by atoms with Crippen LogP contribution in [0.15, 0.2) is 5.16 Å². The molecule has 0 aromatic heterocycles. The van der Waals surface area contributed by atoms with Crippen LogP contribution in [0.2, 0.25) is 0 Å². The first kappa shape index (κ1) is 19.5. The Hall–Kier alpha value is -1.81. The van der Waals surface area contributed by atoms with Gasteiger partial charge in [-0.15, -0.1) is 16.8 Å². The van der Waals surface area contributed by atoms with Crippen LogP contribution >= 0.6 is 11.6 Å². The van der Waals surface area contributed by atoms with Crippen LogP contribution in [0, 0.1) is 16.7 Å². The van der Waals surface area contributed by atoms with E-state index < -0.39 is 12.0 Å². The quantitative estimate of drug-likeness (QED) is 0.356. The standard InChI is InChI=1S/C7H12N2O.C4H6ClNO3/c1-7(2,6-9-10)4-3-5-8;1-6(4(8)9)3(7)2-5/h6,10H,3-4H2,1-2H3;2H2,1H3,(H,8,9)/b9-6-;. The van der Waals surface area contributed by atoms with Crippen molar-refractivity contribution in [3.8, 4) is 6.07 Å². The van der Waals surface area contributed by atoms with E-state index in [1.54, 1.807) is 0 Å². The van der Waals surface area contributed by atoms with Crippen LogP contribution in [0.25, 0.3) is 0 Å². The van der Waals surface area contributed by atoms with Crippen LogP contribution in [0.5, 0.6) is 0 Å². The minimum Gasteiger partial charge on any atom is -0.465 e. The molecule has 0 aromatic carbocycles. The Kier molecular flexibility index (Phi) is 10.4. The molecule has 0 radical (unpaired) electrons. The zero-order chi connectivity index (χ0) is 15.5. The molecule has 0 saturated carbocycles. The largest absolute Gasteiger partial charge is 0.465 e. The maximum Gasteiger partial charge on any atom is 0.413 e. The van der Waals surface area contributed by atoms with Crippen LogP contribution in [-0.4, -0.2) is 46.4 Å². The summed E-state index contributed by atoms with van der Waals surface area (Å²) in [6.45, 7) is 3.84. The first-order valence-electron chi connectivity index (χ1n) is 5.32. The van der Waals surface area contributed by atoms with Gasteiger partial charge in [-0.3, -0.25) is 4.79 Å². The van der Waals surface area contributed by atoms with Gasteiger partial charge < -0.3 is 10.3 Å². The summed E-state index contributed by atoms with van der Waals surface area (Å²) in [4.78, 5) is 20.8. The lowest BCUT2D eigenvalue weighted by atomic mass is 9.90. The number of carbonyl (C=O) groups excluding carboxylic acids is 1. The summed E-state index contributed by atoms with van der Waals surface area (Å²) in [7, 11) is 1.15. The van der Waals surface area contributed by atoms with Crippen molar-refractivity contribution in [3.63, 3.8) is 0 Å². The van der Waals surface area contributed by atoms with Crippen molar-refractivity contribution < 1.29 is 19.9 Å². The highest BCUT2D eigenvalue weighted by molar-refractivity contribution is 6.28. The highest BCUT2D eigenvalue weighted by Crippen LogP contribution is 2.18. The van der Waals surface area contributed by atoms with E-state index in [0.717, 1.165) is 13.5 Å². The van der Waals surface area contributed by atoms with Crippen LogP contribution in [-0.2, 0) is 4.79 Å². The Bertz CT molecular complexity index is 363. The maximum atomic E-state index is 10.4. The third kappa shape index (κ3) is 11.0. The number of hydrogen-bond donors (Lipinski definition) is 2. The Morgan fingerprint density at radius 1 is 1.53 bits per heavy atom. The molecule has 2 amide bonds. The Morgan fingerprint density at radius 2 is 2.05 bits per heavy atom. The molecule has 108 valence electrons. The average Bonchev–Trinajstić information content (AvgIpc) is 2.35. The predicted molar refractivity (Wildman–Crippen MR) is 70.4 cm³/mol. The van der Waals surface area contributed by atoms with Crippen molar-refractivity contribution >= 4 is 29.8 Å². The second-order valence-electron chi connectivity index (χ2n) is 4.26. The van der Waals surface area contributed by atoms with Gasteiger partial charge in [0.05, 0.1) is 6.07 Å². The minimum absolute atomic E-state index is 0.162. The third-order valence-electron chi connectivity index (χ3n) is 2.06. The van der Waals surface area contributed by atoms with Crippen molar-refractivity contribution in [1.82, 2.24) is 4.90 Å². The van der Waals surface area contributed by atoms with Crippen molar-refractivity contribution in [2.24, 2.45) is 10.6 Å². The molecule has 0 aromatic rings. The summed E-state index contributed by atoms with van der Waals surface area (Å²) in [5.41, 5.74) is -0.162. The lowest BCUT2D eigenvalue weighted by Gasteiger charge is -2.15. The van der Waals surface area contributed by atoms with Crippen LogP contribution < -0.4 is 0 Å². The van der Waals surface area contributed by atoms with E-state index in [0.29, 0.717) is 11.3 Å². The zero-order valence-corrected chi connectivity index (χ0v) is 11.9. The second-order valence-corrected chi connectivity index (χ2v) is 4.53. The molecule has 0 fully saturated rings. The number of nitriles is 1. The van der Waals surface area contributed by atoms with E-state index in [4.69, 9.17) is 27.2 Å². The molecule has 0 aliphatic carbocycles. The highest BCUT2D eigenvalue weighted by Gasteiger charge is 2.14. The number of imide groups is 1. The number of oxime groups is 1. The highest BCUT2D eigenvalue weighted by atomic mass is 35.5. The summed E-state index contributed by atoms with van der Waals surface area (Å²) >= 11 is 5.04. The molecule has 0 aliphatic rings. The molecule has 0 aliphatic heterocycles. The number of carbonyl (C=O) groups is 2. The Balaban J connectivity index is 0. The van der Waals surface area contributed by atoms with Gasteiger partial charge in [-0.1, -0.05) is 13.8 Å². The Labute approximate surface area is 117 Å². The van der Waals surface area contributed by atoms with Gasteiger partial charge in [-0.2, -0.15) is 5.26 Å². The average molecular weight is 292 g/mol. The molecule has 0 rings (SSSR count). The fourth-order valence-corrected chi connectivity index (χ4v) is 0.975. The fourth-order valence-electron chi connectivity index (χ4n) is 0.795. The zero-order valence-electron chi connectivity index (χ0n) is 11.1. The summed E-state index contributed by atoms with van der Waals surface area (Å²) in [6.07, 6.45) is 1.39. The number of alkyl halides is 1. The van der Waals surface area contributed by atoms with Gasteiger partial charge in [-0.25, -0.2) is 9.69 Å². The Morgan fingerprint density at radius 3 is 2.32 bits per heavy atom. The molecule has 2 N–H and O–H groups in total. The number of nitrogens with zero attached hydrogens (tertiary/aromatic N) is 3. The van der Waals surface area contributed by atoms with Crippen LogP contribution in [0.3, 0.4) is 0 Å². The number of carboxylic acid groups (broad SMARTS) is 1. The number of amides is 2. The molecule has 0 spiro atoms. The topological polar surface area (TPSA) is 114 Å². The second kappa shape index (κ2) is 10.1. The van der Waals surface area contributed by atoms with E-state index in [-0.39, 0.29) is 11.3 Å². The summed E-state index contributed by atoms with van der Waals surface area (Å²) < 4.78 is 0. The van der Waals surface area contributed by atoms with Crippen LogP contribution in [0.4, 0.5) is 4.79 Å². The van der Waals surface area contributed by atoms with Gasteiger partial charge in [0.15, 0.2) is 0 Å². The molecule has 8 heteroatoms. The summed E-state index contributed by atoms with van der Waals surface area (Å²) in [6, 6.07) is 2.04. The molecule has 0 unspecified atom stereocenters.